The molecule has 0 saturated heterocycles. The van der Waals surface area contributed by atoms with Gasteiger partial charge in [-0.2, -0.15) is 0 Å². The van der Waals surface area contributed by atoms with E-state index in [-0.39, 0.29) is 5.91 Å². The van der Waals surface area contributed by atoms with Crippen molar-refractivity contribution in [3.8, 4) is 0 Å². The van der Waals surface area contributed by atoms with E-state index in [2.05, 4.69) is 10.3 Å². The first-order chi connectivity index (χ1) is 8.68. The van der Waals surface area contributed by atoms with Crippen molar-refractivity contribution in [1.82, 2.24) is 10.3 Å². The Labute approximate surface area is 107 Å². The smallest absolute Gasteiger partial charge is 0.244 e. The normalized spacial score (nSPS) is 18.1. The molecule has 0 aliphatic heterocycles. The van der Waals surface area contributed by atoms with Crippen LogP contribution in [0, 0.1) is 0 Å². The number of hydrogen-bond donors (Lipinski definition) is 2. The number of pyridine rings is 1. The first kappa shape index (κ1) is 12.8. The number of aromatic nitrogens is 1. The third kappa shape index (κ3) is 3.67. The van der Waals surface area contributed by atoms with Gasteiger partial charge < -0.3 is 10.4 Å². The third-order valence-corrected chi connectivity index (χ3v) is 3.24. The lowest BCUT2D eigenvalue weighted by Crippen LogP contribution is -2.40. The van der Waals surface area contributed by atoms with Crippen LogP contribution in [0.5, 0.6) is 0 Å². The van der Waals surface area contributed by atoms with Crippen molar-refractivity contribution in [3.63, 3.8) is 0 Å². The highest BCUT2D eigenvalue weighted by Crippen LogP contribution is 2.28. The molecule has 1 fully saturated rings. The van der Waals surface area contributed by atoms with Crippen LogP contribution in [0.2, 0.25) is 0 Å². The van der Waals surface area contributed by atoms with E-state index in [1.807, 2.05) is 12.1 Å². The SMILES string of the molecule is O=C(/C=C/c1cccnc1)NCC1(O)CCCC1. The quantitative estimate of drug-likeness (QED) is 0.792. The van der Waals surface area contributed by atoms with Gasteiger partial charge in [0, 0.05) is 25.0 Å². The molecule has 18 heavy (non-hydrogen) atoms. The van der Waals surface area contributed by atoms with E-state index in [4.69, 9.17) is 0 Å². The van der Waals surface area contributed by atoms with Crippen molar-refractivity contribution in [2.75, 3.05) is 6.54 Å². The first-order valence-electron chi connectivity index (χ1n) is 6.26. The zero-order chi connectivity index (χ0) is 12.8. The van der Waals surface area contributed by atoms with Gasteiger partial charge in [0.15, 0.2) is 0 Å². The van der Waals surface area contributed by atoms with Crippen molar-refractivity contribution < 1.29 is 9.90 Å². The first-order valence-corrected chi connectivity index (χ1v) is 6.26. The molecule has 0 radical (unpaired) electrons. The van der Waals surface area contributed by atoms with Crippen LogP contribution in [0.15, 0.2) is 30.6 Å². The molecule has 0 unspecified atom stereocenters. The van der Waals surface area contributed by atoms with E-state index >= 15 is 0 Å². The molecule has 1 aliphatic rings. The molecule has 0 aromatic carbocycles. The van der Waals surface area contributed by atoms with Crippen LogP contribution in [-0.2, 0) is 4.79 Å². The van der Waals surface area contributed by atoms with Gasteiger partial charge in [-0.1, -0.05) is 18.9 Å². The Morgan fingerprint density at radius 3 is 2.94 bits per heavy atom. The molecular weight excluding hydrogens is 228 g/mol. The van der Waals surface area contributed by atoms with Crippen LogP contribution in [0.1, 0.15) is 31.2 Å². The second kappa shape index (κ2) is 5.78. The number of amides is 1. The summed E-state index contributed by atoms with van der Waals surface area (Å²) in [5.74, 6) is -0.181. The van der Waals surface area contributed by atoms with Crippen molar-refractivity contribution in [2.45, 2.75) is 31.3 Å². The van der Waals surface area contributed by atoms with Crippen LogP contribution in [0.3, 0.4) is 0 Å². The zero-order valence-corrected chi connectivity index (χ0v) is 10.3. The van der Waals surface area contributed by atoms with Crippen LogP contribution in [0.25, 0.3) is 6.08 Å². The predicted octanol–water partition coefficient (Wildman–Crippen LogP) is 1.52. The van der Waals surface area contributed by atoms with Gasteiger partial charge in [0.25, 0.3) is 0 Å². The van der Waals surface area contributed by atoms with E-state index in [0.29, 0.717) is 6.54 Å². The van der Waals surface area contributed by atoms with E-state index in [1.165, 1.54) is 6.08 Å². The van der Waals surface area contributed by atoms with Crippen LogP contribution < -0.4 is 5.32 Å². The molecular formula is C14H18N2O2. The van der Waals surface area contributed by atoms with Gasteiger partial charge in [0.1, 0.15) is 0 Å². The molecule has 1 heterocycles. The van der Waals surface area contributed by atoms with Gasteiger partial charge in [-0.25, -0.2) is 0 Å². The van der Waals surface area contributed by atoms with Gasteiger partial charge in [0.2, 0.25) is 5.91 Å². The number of carbonyl (C=O) groups is 1. The number of carbonyl (C=O) groups excluding carboxylic acids is 1. The van der Waals surface area contributed by atoms with E-state index in [1.54, 1.807) is 18.5 Å². The van der Waals surface area contributed by atoms with E-state index in [0.717, 1.165) is 31.2 Å². The summed E-state index contributed by atoms with van der Waals surface area (Å²) < 4.78 is 0. The largest absolute Gasteiger partial charge is 0.388 e. The maximum atomic E-state index is 11.6. The lowest BCUT2D eigenvalue weighted by molar-refractivity contribution is -0.117. The molecule has 1 saturated carbocycles. The average Bonchev–Trinajstić information content (AvgIpc) is 2.83. The Morgan fingerprint density at radius 2 is 2.28 bits per heavy atom. The van der Waals surface area contributed by atoms with Crippen LogP contribution >= 0.6 is 0 Å². The Hall–Kier alpha value is -1.68. The summed E-state index contributed by atoms with van der Waals surface area (Å²) >= 11 is 0. The second-order valence-electron chi connectivity index (χ2n) is 4.77. The number of nitrogens with zero attached hydrogens (tertiary/aromatic N) is 1. The van der Waals surface area contributed by atoms with Crippen molar-refractivity contribution in [1.29, 1.82) is 0 Å². The second-order valence-corrected chi connectivity index (χ2v) is 4.77. The molecule has 2 N–H and O–H groups in total. The Kier molecular flexibility index (Phi) is 4.10. The fourth-order valence-corrected chi connectivity index (χ4v) is 2.17. The monoisotopic (exact) mass is 246 g/mol. The highest BCUT2D eigenvalue weighted by molar-refractivity contribution is 5.91. The molecule has 2 rings (SSSR count). The van der Waals surface area contributed by atoms with E-state index < -0.39 is 5.60 Å². The minimum Gasteiger partial charge on any atom is -0.388 e. The van der Waals surface area contributed by atoms with Crippen molar-refractivity contribution in [2.24, 2.45) is 0 Å². The third-order valence-electron chi connectivity index (χ3n) is 3.24. The molecule has 4 heteroatoms. The highest BCUT2D eigenvalue weighted by atomic mass is 16.3. The van der Waals surface area contributed by atoms with Crippen LogP contribution in [-0.4, -0.2) is 28.1 Å². The molecule has 0 spiro atoms. The summed E-state index contributed by atoms with van der Waals surface area (Å²) in [5.41, 5.74) is 0.185. The minimum absolute atomic E-state index is 0.181. The van der Waals surface area contributed by atoms with Crippen molar-refractivity contribution in [3.05, 3.63) is 36.2 Å². The fraction of sp³-hybridized carbons (Fsp3) is 0.429. The summed E-state index contributed by atoms with van der Waals surface area (Å²) in [4.78, 5) is 15.5. The lowest BCUT2D eigenvalue weighted by atomic mass is 10.0. The van der Waals surface area contributed by atoms with Gasteiger partial charge >= 0.3 is 0 Å². The summed E-state index contributed by atoms with van der Waals surface area (Å²) in [6.07, 6.45) is 10.2. The number of rotatable bonds is 4. The fourth-order valence-electron chi connectivity index (χ4n) is 2.17. The number of hydrogen-bond acceptors (Lipinski definition) is 3. The summed E-state index contributed by atoms with van der Waals surface area (Å²) in [5, 5.41) is 12.8. The van der Waals surface area contributed by atoms with Gasteiger partial charge in [-0.15, -0.1) is 0 Å². The summed E-state index contributed by atoms with van der Waals surface area (Å²) in [6, 6.07) is 3.69. The average molecular weight is 246 g/mol. The zero-order valence-electron chi connectivity index (χ0n) is 10.3. The van der Waals surface area contributed by atoms with Gasteiger partial charge in [-0.3, -0.25) is 9.78 Å². The molecule has 1 amide bonds. The molecule has 96 valence electrons. The topological polar surface area (TPSA) is 62.2 Å². The Bertz CT molecular complexity index is 423. The summed E-state index contributed by atoms with van der Waals surface area (Å²) in [6.45, 7) is 0.337. The maximum Gasteiger partial charge on any atom is 0.244 e. The van der Waals surface area contributed by atoms with Crippen molar-refractivity contribution >= 4 is 12.0 Å². The lowest BCUT2D eigenvalue weighted by Gasteiger charge is -2.21. The minimum atomic E-state index is -0.697. The number of aliphatic hydroxyl groups is 1. The molecule has 1 aromatic rings. The van der Waals surface area contributed by atoms with Gasteiger partial charge in [-0.05, 0) is 30.5 Å². The predicted molar refractivity (Wildman–Crippen MR) is 69.7 cm³/mol. The Balaban J connectivity index is 1.80. The maximum absolute atomic E-state index is 11.6. The molecule has 0 bridgehead atoms. The molecule has 4 nitrogen and oxygen atoms in total. The molecule has 1 aliphatic carbocycles. The molecule has 1 aromatic heterocycles. The summed E-state index contributed by atoms with van der Waals surface area (Å²) in [7, 11) is 0. The van der Waals surface area contributed by atoms with E-state index in [9.17, 15) is 9.90 Å². The standard InChI is InChI=1S/C14H18N2O2/c17-13(6-5-12-4-3-9-15-10-12)16-11-14(18)7-1-2-8-14/h3-6,9-10,18H,1-2,7-8,11H2,(H,16,17)/b6-5+. The van der Waals surface area contributed by atoms with Crippen LogP contribution in [0.4, 0.5) is 0 Å². The Morgan fingerprint density at radius 1 is 1.50 bits per heavy atom. The number of nitrogens with one attached hydrogen (secondary N) is 1. The van der Waals surface area contributed by atoms with Gasteiger partial charge in [0.05, 0.1) is 5.60 Å². The molecule has 0 atom stereocenters. The highest BCUT2D eigenvalue weighted by Gasteiger charge is 2.30.